The fourth-order valence-electron chi connectivity index (χ4n) is 3.41. The van der Waals surface area contributed by atoms with E-state index in [1.54, 1.807) is 18.2 Å². The van der Waals surface area contributed by atoms with Gasteiger partial charge in [-0.3, -0.25) is 9.59 Å². The molecule has 0 radical (unpaired) electrons. The number of nitrogens with zero attached hydrogens (tertiary/aromatic N) is 1. The van der Waals surface area contributed by atoms with Crippen LogP contribution in [-0.4, -0.2) is 35.4 Å². The van der Waals surface area contributed by atoms with Gasteiger partial charge in [-0.15, -0.1) is 0 Å². The molecule has 2 atom stereocenters. The van der Waals surface area contributed by atoms with Gasteiger partial charge >= 0.3 is 0 Å². The zero-order valence-corrected chi connectivity index (χ0v) is 23.4. The summed E-state index contributed by atoms with van der Waals surface area (Å²) in [5.41, 5.74) is 1.87. The lowest BCUT2D eigenvalue weighted by Gasteiger charge is -2.31. The van der Waals surface area contributed by atoms with Crippen molar-refractivity contribution < 1.29 is 14.3 Å². The second-order valence-corrected chi connectivity index (χ2v) is 10.3. The Labute approximate surface area is 221 Å². The summed E-state index contributed by atoms with van der Waals surface area (Å²) in [6.07, 6.45) is 1.24. The first kappa shape index (κ1) is 28.5. The molecular weight excluding hydrogens is 539 g/mol. The maximum Gasteiger partial charge on any atom is 0.261 e. The van der Waals surface area contributed by atoms with E-state index in [1.807, 2.05) is 39.0 Å². The molecule has 2 amide bonds. The van der Waals surface area contributed by atoms with Crippen molar-refractivity contribution in [3.05, 3.63) is 62.0 Å². The molecule has 0 heterocycles. The first-order valence-electron chi connectivity index (χ1n) is 11.5. The molecule has 0 spiro atoms. The molecule has 8 heteroatoms. The van der Waals surface area contributed by atoms with Crippen LogP contribution in [0.1, 0.15) is 64.5 Å². The minimum Gasteiger partial charge on any atom is -0.483 e. The first-order chi connectivity index (χ1) is 16.1. The van der Waals surface area contributed by atoms with Gasteiger partial charge in [-0.05, 0) is 77.0 Å². The summed E-state index contributed by atoms with van der Waals surface area (Å²) in [7, 11) is 0. The number of carbonyl (C=O) groups is 2. The van der Waals surface area contributed by atoms with Crippen molar-refractivity contribution in [1.29, 1.82) is 0 Å². The van der Waals surface area contributed by atoms with Gasteiger partial charge in [0.15, 0.2) is 6.61 Å². The van der Waals surface area contributed by atoms with Gasteiger partial charge in [0, 0.05) is 22.6 Å². The van der Waals surface area contributed by atoms with Gasteiger partial charge in [-0.25, -0.2) is 0 Å². The number of amides is 2. The first-order valence-corrected chi connectivity index (χ1v) is 13.1. The van der Waals surface area contributed by atoms with Gasteiger partial charge in [0.2, 0.25) is 5.91 Å². The summed E-state index contributed by atoms with van der Waals surface area (Å²) in [4.78, 5) is 28.0. The quantitative estimate of drug-likeness (QED) is 0.316. The molecule has 0 aliphatic heterocycles. The number of halogens is 3. The highest BCUT2D eigenvalue weighted by molar-refractivity contribution is 9.10. The Morgan fingerprint density at radius 2 is 1.76 bits per heavy atom. The lowest BCUT2D eigenvalue weighted by Crippen LogP contribution is -2.51. The normalized spacial score (nSPS) is 12.9. The van der Waals surface area contributed by atoms with Crippen molar-refractivity contribution >= 4 is 50.9 Å². The van der Waals surface area contributed by atoms with Crippen LogP contribution >= 0.6 is 39.1 Å². The molecule has 0 aliphatic rings. The van der Waals surface area contributed by atoms with Gasteiger partial charge in [-0.2, -0.15) is 0 Å². The van der Waals surface area contributed by atoms with E-state index in [1.165, 1.54) is 4.90 Å². The maximum absolute atomic E-state index is 13.4. The molecule has 186 valence electrons. The lowest BCUT2D eigenvalue weighted by atomic mass is 10.0. The van der Waals surface area contributed by atoms with E-state index in [2.05, 4.69) is 35.1 Å². The maximum atomic E-state index is 13.4. The van der Waals surface area contributed by atoms with Crippen LogP contribution in [0.3, 0.4) is 0 Å². The van der Waals surface area contributed by atoms with Crippen LogP contribution in [0.15, 0.2) is 40.9 Å². The molecule has 0 aromatic heterocycles. The van der Waals surface area contributed by atoms with E-state index >= 15 is 0 Å². The monoisotopic (exact) mass is 570 g/mol. The van der Waals surface area contributed by atoms with Crippen LogP contribution in [0.5, 0.6) is 5.75 Å². The topological polar surface area (TPSA) is 58.6 Å². The summed E-state index contributed by atoms with van der Waals surface area (Å²) in [5.74, 6) is 0.440. The van der Waals surface area contributed by atoms with Crippen molar-refractivity contribution in [2.45, 2.75) is 72.0 Å². The molecule has 34 heavy (non-hydrogen) atoms. The van der Waals surface area contributed by atoms with E-state index in [4.69, 9.17) is 27.9 Å². The zero-order chi connectivity index (χ0) is 25.4. The van der Waals surface area contributed by atoms with Crippen LogP contribution < -0.4 is 10.1 Å². The fourth-order valence-corrected chi connectivity index (χ4v) is 4.39. The van der Waals surface area contributed by atoms with Crippen molar-refractivity contribution in [1.82, 2.24) is 10.2 Å². The average molecular weight is 572 g/mol. The van der Waals surface area contributed by atoms with Crippen molar-refractivity contribution in [2.24, 2.45) is 0 Å². The van der Waals surface area contributed by atoms with Crippen LogP contribution in [-0.2, 0) is 16.1 Å². The number of hydrogen-bond acceptors (Lipinski definition) is 3. The summed E-state index contributed by atoms with van der Waals surface area (Å²) >= 11 is 16.0. The predicted molar refractivity (Wildman–Crippen MR) is 143 cm³/mol. The highest BCUT2D eigenvalue weighted by Crippen LogP contribution is 2.29. The smallest absolute Gasteiger partial charge is 0.261 e. The van der Waals surface area contributed by atoms with Gasteiger partial charge in [-0.1, -0.05) is 63.0 Å². The SMILES string of the molecule is CCC(C)NC(=O)C(CC)N(Cc1ccc(Cl)cc1Cl)C(=O)COc1ccc(C(C)C)cc1Br. The molecule has 1 N–H and O–H groups in total. The van der Waals surface area contributed by atoms with Gasteiger partial charge in [0.05, 0.1) is 4.47 Å². The molecule has 2 aromatic rings. The molecule has 0 fully saturated rings. The molecule has 2 rings (SSSR count). The standard InChI is InChI=1S/C26H33BrCl2N2O3/c1-6-17(5)30-26(33)23(7-2)31(14-19-8-10-20(28)13-22(19)29)25(32)15-34-24-11-9-18(16(3)4)12-21(24)27/h8-13,16-17,23H,6-7,14-15H2,1-5H3,(H,30,33). The Hall–Kier alpha value is -1.76. The molecule has 2 aromatic carbocycles. The lowest BCUT2D eigenvalue weighted by molar-refractivity contribution is -0.143. The van der Waals surface area contributed by atoms with E-state index in [-0.39, 0.29) is 31.0 Å². The third kappa shape index (κ3) is 7.89. The van der Waals surface area contributed by atoms with Crippen LogP contribution in [0.25, 0.3) is 0 Å². The van der Waals surface area contributed by atoms with E-state index in [0.29, 0.717) is 33.7 Å². The summed E-state index contributed by atoms with van der Waals surface area (Å²) in [6, 6.07) is 10.3. The highest BCUT2D eigenvalue weighted by Gasteiger charge is 2.30. The Bertz CT molecular complexity index is 1000. The summed E-state index contributed by atoms with van der Waals surface area (Å²) < 4.78 is 6.63. The third-order valence-corrected chi connectivity index (χ3v) is 6.92. The summed E-state index contributed by atoms with van der Waals surface area (Å²) in [6.45, 7) is 10.00. The fraction of sp³-hybridized carbons (Fsp3) is 0.462. The molecule has 5 nitrogen and oxygen atoms in total. The van der Waals surface area contributed by atoms with Crippen LogP contribution in [0.2, 0.25) is 10.0 Å². The molecule has 2 unspecified atom stereocenters. The molecule has 0 aliphatic carbocycles. The second-order valence-electron chi connectivity index (χ2n) is 8.63. The van der Waals surface area contributed by atoms with Crippen LogP contribution in [0.4, 0.5) is 0 Å². The largest absolute Gasteiger partial charge is 0.483 e. The number of nitrogens with one attached hydrogen (secondary N) is 1. The zero-order valence-electron chi connectivity index (χ0n) is 20.3. The van der Waals surface area contributed by atoms with E-state index < -0.39 is 6.04 Å². The van der Waals surface area contributed by atoms with Gasteiger partial charge in [0.25, 0.3) is 5.91 Å². The number of carbonyl (C=O) groups excluding carboxylic acids is 2. The Kier molecular flexibility index (Phi) is 11.2. The Morgan fingerprint density at radius 3 is 2.32 bits per heavy atom. The number of ether oxygens (including phenoxy) is 1. The molecule has 0 saturated carbocycles. The molecule has 0 saturated heterocycles. The van der Waals surface area contributed by atoms with Gasteiger partial charge in [0.1, 0.15) is 11.8 Å². The third-order valence-electron chi connectivity index (χ3n) is 5.72. The molecular formula is C26H33BrCl2N2O3. The Morgan fingerprint density at radius 1 is 1.06 bits per heavy atom. The van der Waals surface area contributed by atoms with Crippen molar-refractivity contribution in [2.75, 3.05) is 6.61 Å². The van der Waals surface area contributed by atoms with Gasteiger partial charge < -0.3 is 15.0 Å². The van der Waals surface area contributed by atoms with Crippen molar-refractivity contribution in [3.8, 4) is 5.75 Å². The minimum atomic E-state index is -0.663. The second kappa shape index (κ2) is 13.4. The van der Waals surface area contributed by atoms with E-state index in [9.17, 15) is 9.59 Å². The summed E-state index contributed by atoms with van der Waals surface area (Å²) in [5, 5.41) is 3.94. The Balaban J connectivity index is 2.28. The average Bonchev–Trinajstić information content (AvgIpc) is 2.78. The predicted octanol–water partition coefficient (Wildman–Crippen LogP) is 6.98. The van der Waals surface area contributed by atoms with Crippen LogP contribution in [0, 0.1) is 0 Å². The number of hydrogen-bond donors (Lipinski definition) is 1. The van der Waals surface area contributed by atoms with E-state index in [0.717, 1.165) is 16.5 Å². The highest BCUT2D eigenvalue weighted by atomic mass is 79.9. The van der Waals surface area contributed by atoms with Crippen molar-refractivity contribution in [3.63, 3.8) is 0 Å². The number of benzene rings is 2. The number of rotatable bonds is 11. The molecule has 0 bridgehead atoms. The minimum absolute atomic E-state index is 0.00398.